The number of amides is 1. The Kier molecular flexibility index (Phi) is 8.42. The summed E-state index contributed by atoms with van der Waals surface area (Å²) in [5.41, 5.74) is 6.35. The molecule has 0 aliphatic heterocycles. The number of aryl methyl sites for hydroxylation is 3. The number of para-hydroxylation sites is 2. The van der Waals surface area contributed by atoms with Gasteiger partial charge >= 0.3 is 0 Å². The van der Waals surface area contributed by atoms with Gasteiger partial charge in [0.15, 0.2) is 0 Å². The van der Waals surface area contributed by atoms with E-state index >= 15 is 0 Å². The minimum absolute atomic E-state index is 0.0336. The fourth-order valence-corrected chi connectivity index (χ4v) is 4.53. The zero-order valence-corrected chi connectivity index (χ0v) is 21.9. The highest BCUT2D eigenvalue weighted by molar-refractivity contribution is 5.95. The summed E-state index contributed by atoms with van der Waals surface area (Å²) < 4.78 is 8.24. The molecule has 36 heavy (non-hydrogen) atoms. The standard InChI is InChI=1S/C31H37N3O2/c1-22(2)25-12-14-26(15-13-25)36-20-8-7-19-34-29-10-6-5-9-28(29)33-30(34)17-18-32-31(35)27-16-11-23(3)21-24(27)4/h5-6,9-16,21-22H,7-8,17-20H2,1-4H3,(H,32,35). The first-order chi connectivity index (χ1) is 17.4. The number of ether oxygens (including phenoxy) is 1. The third kappa shape index (κ3) is 6.34. The molecule has 0 atom stereocenters. The maximum absolute atomic E-state index is 12.7. The summed E-state index contributed by atoms with van der Waals surface area (Å²) in [6, 6.07) is 22.6. The molecule has 5 heteroatoms. The molecule has 0 aliphatic carbocycles. The Balaban J connectivity index is 1.32. The molecule has 0 bridgehead atoms. The van der Waals surface area contributed by atoms with E-state index in [1.807, 2.05) is 44.2 Å². The van der Waals surface area contributed by atoms with Gasteiger partial charge in [0.1, 0.15) is 11.6 Å². The van der Waals surface area contributed by atoms with Crippen molar-refractivity contribution in [3.8, 4) is 5.75 Å². The fourth-order valence-electron chi connectivity index (χ4n) is 4.53. The Morgan fingerprint density at radius 3 is 2.53 bits per heavy atom. The largest absolute Gasteiger partial charge is 0.494 e. The van der Waals surface area contributed by atoms with Gasteiger partial charge in [-0.15, -0.1) is 0 Å². The molecule has 188 valence electrons. The fraction of sp³-hybridized carbons (Fsp3) is 0.355. The van der Waals surface area contributed by atoms with Gasteiger partial charge in [0, 0.05) is 25.1 Å². The number of unbranched alkanes of at least 4 members (excludes halogenated alkanes) is 1. The number of carbonyl (C=O) groups excluding carboxylic acids is 1. The first-order valence-electron chi connectivity index (χ1n) is 12.9. The van der Waals surface area contributed by atoms with Crippen LogP contribution < -0.4 is 10.1 Å². The molecule has 0 saturated carbocycles. The number of benzene rings is 3. The molecule has 4 aromatic rings. The van der Waals surface area contributed by atoms with Crippen LogP contribution in [0.15, 0.2) is 66.7 Å². The zero-order chi connectivity index (χ0) is 25.5. The summed E-state index contributed by atoms with van der Waals surface area (Å²) in [5, 5.41) is 3.07. The van der Waals surface area contributed by atoms with E-state index in [1.54, 1.807) is 0 Å². The van der Waals surface area contributed by atoms with Crippen LogP contribution in [-0.2, 0) is 13.0 Å². The molecule has 0 radical (unpaired) electrons. The highest BCUT2D eigenvalue weighted by Crippen LogP contribution is 2.20. The van der Waals surface area contributed by atoms with Crippen LogP contribution in [0.4, 0.5) is 0 Å². The molecule has 0 spiro atoms. The number of hydrogen-bond donors (Lipinski definition) is 1. The molecule has 4 rings (SSSR count). The normalized spacial score (nSPS) is 11.2. The second kappa shape index (κ2) is 11.9. The molecule has 0 saturated heterocycles. The van der Waals surface area contributed by atoms with E-state index in [1.165, 1.54) is 5.56 Å². The molecular weight excluding hydrogens is 446 g/mol. The predicted octanol–water partition coefficient (Wildman–Crippen LogP) is 6.61. The Bertz CT molecular complexity index is 1310. The van der Waals surface area contributed by atoms with E-state index in [2.05, 4.69) is 60.1 Å². The van der Waals surface area contributed by atoms with Crippen molar-refractivity contribution in [1.82, 2.24) is 14.9 Å². The van der Waals surface area contributed by atoms with Gasteiger partial charge in [0.25, 0.3) is 5.91 Å². The van der Waals surface area contributed by atoms with Crippen molar-refractivity contribution in [2.45, 2.75) is 59.4 Å². The number of carbonyl (C=O) groups is 1. The minimum atomic E-state index is -0.0336. The Hall–Kier alpha value is -3.60. The maximum atomic E-state index is 12.7. The second-order valence-electron chi connectivity index (χ2n) is 9.77. The van der Waals surface area contributed by atoms with Crippen LogP contribution in [0.3, 0.4) is 0 Å². The summed E-state index contributed by atoms with van der Waals surface area (Å²) in [5.74, 6) is 2.42. The average Bonchev–Trinajstić information content (AvgIpc) is 3.21. The Labute approximate surface area is 214 Å². The second-order valence-corrected chi connectivity index (χ2v) is 9.77. The molecule has 3 aromatic carbocycles. The SMILES string of the molecule is Cc1ccc(C(=O)NCCc2nc3ccccc3n2CCCCOc2ccc(C(C)C)cc2)c(C)c1. The van der Waals surface area contributed by atoms with Gasteiger partial charge in [0.2, 0.25) is 0 Å². The number of imidazole rings is 1. The van der Waals surface area contributed by atoms with Crippen LogP contribution in [-0.4, -0.2) is 28.6 Å². The van der Waals surface area contributed by atoms with Crippen LogP contribution in [0.25, 0.3) is 11.0 Å². The number of nitrogens with zero attached hydrogens (tertiary/aromatic N) is 2. The maximum Gasteiger partial charge on any atom is 0.251 e. The van der Waals surface area contributed by atoms with Crippen LogP contribution in [0.2, 0.25) is 0 Å². The van der Waals surface area contributed by atoms with Gasteiger partial charge in [-0.3, -0.25) is 4.79 Å². The zero-order valence-electron chi connectivity index (χ0n) is 21.9. The van der Waals surface area contributed by atoms with E-state index in [0.29, 0.717) is 25.5 Å². The number of rotatable bonds is 11. The highest BCUT2D eigenvalue weighted by Gasteiger charge is 2.12. The molecule has 1 heterocycles. The molecule has 0 aliphatic rings. The molecular formula is C31H37N3O2. The quantitative estimate of drug-likeness (QED) is 0.244. The van der Waals surface area contributed by atoms with Crippen LogP contribution in [0, 0.1) is 13.8 Å². The van der Waals surface area contributed by atoms with Gasteiger partial charge in [-0.2, -0.15) is 0 Å². The van der Waals surface area contributed by atoms with Crippen molar-refractivity contribution in [2.75, 3.05) is 13.2 Å². The monoisotopic (exact) mass is 483 g/mol. The van der Waals surface area contributed by atoms with Crippen molar-refractivity contribution in [3.05, 3.63) is 94.8 Å². The van der Waals surface area contributed by atoms with Crippen LogP contribution in [0.5, 0.6) is 5.75 Å². The molecule has 0 unspecified atom stereocenters. The van der Waals surface area contributed by atoms with Crippen molar-refractivity contribution in [2.24, 2.45) is 0 Å². The smallest absolute Gasteiger partial charge is 0.251 e. The molecule has 1 aromatic heterocycles. The number of aromatic nitrogens is 2. The van der Waals surface area contributed by atoms with Crippen molar-refractivity contribution >= 4 is 16.9 Å². The first-order valence-corrected chi connectivity index (χ1v) is 12.9. The van der Waals surface area contributed by atoms with E-state index in [4.69, 9.17) is 9.72 Å². The lowest BCUT2D eigenvalue weighted by Gasteiger charge is -2.12. The van der Waals surface area contributed by atoms with Gasteiger partial charge in [-0.25, -0.2) is 4.98 Å². The molecule has 1 N–H and O–H groups in total. The Morgan fingerprint density at radius 2 is 1.78 bits per heavy atom. The van der Waals surface area contributed by atoms with Crippen LogP contribution in [0.1, 0.15) is 65.5 Å². The van der Waals surface area contributed by atoms with E-state index in [9.17, 15) is 4.79 Å². The van der Waals surface area contributed by atoms with Crippen molar-refractivity contribution in [1.29, 1.82) is 0 Å². The number of nitrogens with one attached hydrogen (secondary N) is 1. The lowest BCUT2D eigenvalue weighted by molar-refractivity contribution is 0.0953. The highest BCUT2D eigenvalue weighted by atomic mass is 16.5. The first kappa shape index (κ1) is 25.5. The lowest BCUT2D eigenvalue weighted by Crippen LogP contribution is -2.27. The van der Waals surface area contributed by atoms with Crippen molar-refractivity contribution in [3.63, 3.8) is 0 Å². The topological polar surface area (TPSA) is 56.2 Å². The van der Waals surface area contributed by atoms with E-state index in [0.717, 1.165) is 58.7 Å². The third-order valence-corrected chi connectivity index (χ3v) is 6.59. The van der Waals surface area contributed by atoms with Gasteiger partial charge in [0.05, 0.1) is 17.6 Å². The predicted molar refractivity (Wildman–Crippen MR) is 147 cm³/mol. The molecule has 0 fully saturated rings. The van der Waals surface area contributed by atoms with E-state index < -0.39 is 0 Å². The van der Waals surface area contributed by atoms with Crippen molar-refractivity contribution < 1.29 is 9.53 Å². The lowest BCUT2D eigenvalue weighted by atomic mass is 10.0. The summed E-state index contributed by atoms with van der Waals surface area (Å²) in [7, 11) is 0. The summed E-state index contributed by atoms with van der Waals surface area (Å²) >= 11 is 0. The summed E-state index contributed by atoms with van der Waals surface area (Å²) in [6.07, 6.45) is 2.64. The minimum Gasteiger partial charge on any atom is -0.494 e. The third-order valence-electron chi connectivity index (χ3n) is 6.59. The number of fused-ring (bicyclic) bond motifs is 1. The van der Waals surface area contributed by atoms with Crippen LogP contribution >= 0.6 is 0 Å². The number of hydrogen-bond acceptors (Lipinski definition) is 3. The van der Waals surface area contributed by atoms with E-state index in [-0.39, 0.29) is 5.91 Å². The van der Waals surface area contributed by atoms with Gasteiger partial charge < -0.3 is 14.6 Å². The van der Waals surface area contributed by atoms with Gasteiger partial charge in [-0.1, -0.05) is 55.8 Å². The molecule has 1 amide bonds. The molecule has 5 nitrogen and oxygen atoms in total. The average molecular weight is 484 g/mol. The summed E-state index contributed by atoms with van der Waals surface area (Å²) in [4.78, 5) is 17.5. The van der Waals surface area contributed by atoms with Gasteiger partial charge in [-0.05, 0) is 74.1 Å². The Morgan fingerprint density at radius 1 is 1.00 bits per heavy atom. The summed E-state index contributed by atoms with van der Waals surface area (Å²) in [6.45, 7) is 10.5.